The van der Waals surface area contributed by atoms with Crippen LogP contribution in [0.25, 0.3) is 0 Å². The zero-order valence-corrected chi connectivity index (χ0v) is 17.0. The smallest absolute Gasteiger partial charge is 0.238 e. The average Bonchev–Trinajstić information content (AvgIpc) is 2.60. The highest BCUT2D eigenvalue weighted by molar-refractivity contribution is 6.30. The van der Waals surface area contributed by atoms with Gasteiger partial charge in [-0.05, 0) is 47.6 Å². The summed E-state index contributed by atoms with van der Waals surface area (Å²) in [7, 11) is 0. The van der Waals surface area contributed by atoms with Crippen LogP contribution in [0.15, 0.2) is 42.5 Å². The minimum absolute atomic E-state index is 0.0270. The highest BCUT2D eigenvalue weighted by atomic mass is 35.5. The molecule has 1 atom stereocenters. The Morgan fingerprint density at radius 1 is 0.923 bits per heavy atom. The lowest BCUT2D eigenvalue weighted by atomic mass is 9.92. The molecule has 2 N–H and O–H groups in total. The minimum atomic E-state index is -0.0270. The maximum Gasteiger partial charge on any atom is 0.238 e. The number of nitrogens with one attached hydrogen (secondary N) is 2. The average molecular weight is 373 g/mol. The van der Waals surface area contributed by atoms with Gasteiger partial charge in [-0.2, -0.15) is 0 Å². The number of hydrogen-bond acceptors (Lipinski definition) is 2. The fourth-order valence-electron chi connectivity index (χ4n) is 2.99. The van der Waals surface area contributed by atoms with Gasteiger partial charge < -0.3 is 10.6 Å². The molecule has 0 aliphatic heterocycles. The Morgan fingerprint density at radius 2 is 1.46 bits per heavy atom. The van der Waals surface area contributed by atoms with Gasteiger partial charge in [0.15, 0.2) is 0 Å². The number of halogens is 1. The van der Waals surface area contributed by atoms with Crippen LogP contribution >= 0.6 is 11.6 Å². The van der Waals surface area contributed by atoms with Crippen molar-refractivity contribution in [1.29, 1.82) is 0 Å². The van der Waals surface area contributed by atoms with E-state index in [4.69, 9.17) is 11.6 Å². The molecule has 0 saturated heterocycles. The standard InChI is InChI=1S/C22H29ClN2O/c1-14(2)19-7-6-8-20(15(3)4)22(19)25-21(26)13-24-16(5)17-9-11-18(23)12-10-17/h6-12,14-16,24H,13H2,1-5H3,(H,25,26)/t16-/m0/s1. The molecule has 0 aliphatic carbocycles. The van der Waals surface area contributed by atoms with Crippen molar-refractivity contribution in [2.75, 3.05) is 11.9 Å². The van der Waals surface area contributed by atoms with Gasteiger partial charge >= 0.3 is 0 Å². The monoisotopic (exact) mass is 372 g/mol. The van der Waals surface area contributed by atoms with Crippen LogP contribution in [0.1, 0.15) is 69.2 Å². The fraction of sp³-hybridized carbons (Fsp3) is 0.409. The number of carbonyl (C=O) groups excluding carboxylic acids is 1. The second-order valence-electron chi connectivity index (χ2n) is 7.32. The van der Waals surface area contributed by atoms with E-state index >= 15 is 0 Å². The van der Waals surface area contributed by atoms with Crippen molar-refractivity contribution in [1.82, 2.24) is 5.32 Å². The first-order valence-electron chi connectivity index (χ1n) is 9.21. The first kappa shape index (κ1) is 20.5. The Labute approximate surface area is 162 Å². The van der Waals surface area contributed by atoms with Gasteiger partial charge in [0.1, 0.15) is 0 Å². The molecule has 140 valence electrons. The lowest BCUT2D eigenvalue weighted by Crippen LogP contribution is -2.30. The van der Waals surface area contributed by atoms with Crippen LogP contribution in [-0.2, 0) is 4.79 Å². The van der Waals surface area contributed by atoms with Gasteiger partial charge in [0, 0.05) is 16.8 Å². The van der Waals surface area contributed by atoms with Crippen molar-refractivity contribution >= 4 is 23.2 Å². The highest BCUT2D eigenvalue weighted by Gasteiger charge is 2.16. The van der Waals surface area contributed by atoms with Crippen LogP contribution in [0, 0.1) is 0 Å². The third-order valence-electron chi connectivity index (χ3n) is 4.58. The highest BCUT2D eigenvalue weighted by Crippen LogP contribution is 2.32. The van der Waals surface area contributed by atoms with Crippen molar-refractivity contribution in [3.8, 4) is 0 Å². The number of hydrogen-bond donors (Lipinski definition) is 2. The van der Waals surface area contributed by atoms with E-state index in [0.717, 1.165) is 11.3 Å². The molecule has 0 heterocycles. The molecule has 2 rings (SSSR count). The summed E-state index contributed by atoms with van der Waals surface area (Å²) in [5.41, 5.74) is 4.42. The molecule has 1 amide bonds. The molecule has 4 heteroatoms. The van der Waals surface area contributed by atoms with Crippen LogP contribution < -0.4 is 10.6 Å². The number of carbonyl (C=O) groups is 1. The van der Waals surface area contributed by atoms with Gasteiger partial charge in [0.25, 0.3) is 0 Å². The van der Waals surface area contributed by atoms with Crippen molar-refractivity contribution in [2.24, 2.45) is 0 Å². The minimum Gasteiger partial charge on any atom is -0.324 e. The van der Waals surface area contributed by atoms with E-state index < -0.39 is 0 Å². The Bertz CT molecular complexity index is 712. The summed E-state index contributed by atoms with van der Waals surface area (Å²) in [5.74, 6) is 0.677. The molecular formula is C22H29ClN2O. The molecule has 0 bridgehead atoms. The molecule has 0 saturated carbocycles. The van der Waals surface area contributed by atoms with Gasteiger partial charge in [0.05, 0.1) is 6.54 Å². The molecule has 0 unspecified atom stereocenters. The first-order valence-corrected chi connectivity index (χ1v) is 9.59. The van der Waals surface area contributed by atoms with Gasteiger partial charge in [0.2, 0.25) is 5.91 Å². The van der Waals surface area contributed by atoms with E-state index in [1.165, 1.54) is 11.1 Å². The maximum atomic E-state index is 12.6. The zero-order chi connectivity index (χ0) is 19.3. The van der Waals surface area contributed by atoms with Crippen molar-refractivity contribution < 1.29 is 4.79 Å². The van der Waals surface area contributed by atoms with Crippen LogP contribution in [0.3, 0.4) is 0 Å². The quantitative estimate of drug-likeness (QED) is 0.637. The molecule has 2 aromatic carbocycles. The molecule has 0 radical (unpaired) electrons. The van der Waals surface area contributed by atoms with E-state index in [-0.39, 0.29) is 18.5 Å². The summed E-state index contributed by atoms with van der Waals surface area (Å²) in [6, 6.07) is 14.0. The van der Waals surface area contributed by atoms with Crippen LogP contribution in [0.4, 0.5) is 5.69 Å². The summed E-state index contributed by atoms with van der Waals surface area (Å²) < 4.78 is 0. The van der Waals surface area contributed by atoms with Gasteiger partial charge in [-0.1, -0.05) is 69.6 Å². The zero-order valence-electron chi connectivity index (χ0n) is 16.3. The van der Waals surface area contributed by atoms with E-state index in [1.54, 1.807) is 0 Å². The second kappa shape index (κ2) is 9.20. The van der Waals surface area contributed by atoms with Gasteiger partial charge in [-0.25, -0.2) is 0 Å². The number of anilines is 1. The molecule has 0 fully saturated rings. The van der Waals surface area contributed by atoms with E-state index in [1.807, 2.05) is 31.2 Å². The first-order chi connectivity index (χ1) is 12.3. The predicted molar refractivity (Wildman–Crippen MR) is 111 cm³/mol. The van der Waals surface area contributed by atoms with E-state index in [0.29, 0.717) is 16.9 Å². The third kappa shape index (κ3) is 5.33. The van der Waals surface area contributed by atoms with Crippen LogP contribution in [0.2, 0.25) is 5.02 Å². The predicted octanol–water partition coefficient (Wildman–Crippen LogP) is 5.88. The summed E-state index contributed by atoms with van der Waals surface area (Å²) in [6.45, 7) is 10.9. The molecule has 0 aliphatic rings. The normalized spacial score (nSPS) is 12.5. The van der Waals surface area contributed by atoms with Crippen molar-refractivity contribution in [3.63, 3.8) is 0 Å². The van der Waals surface area contributed by atoms with E-state index in [2.05, 4.69) is 56.5 Å². The molecule has 2 aromatic rings. The molecular weight excluding hydrogens is 344 g/mol. The van der Waals surface area contributed by atoms with E-state index in [9.17, 15) is 4.79 Å². The lowest BCUT2D eigenvalue weighted by Gasteiger charge is -2.21. The summed E-state index contributed by atoms with van der Waals surface area (Å²) in [5, 5.41) is 7.13. The number of amides is 1. The SMILES string of the molecule is CC(C)c1cccc(C(C)C)c1NC(=O)CN[C@@H](C)c1ccc(Cl)cc1. The molecule has 3 nitrogen and oxygen atoms in total. The number of benzene rings is 2. The Hall–Kier alpha value is -1.84. The second-order valence-corrected chi connectivity index (χ2v) is 7.76. The molecule has 0 aromatic heterocycles. The third-order valence-corrected chi connectivity index (χ3v) is 4.83. The number of rotatable bonds is 7. The number of para-hydroxylation sites is 1. The summed E-state index contributed by atoms with van der Waals surface area (Å²) >= 11 is 5.93. The Morgan fingerprint density at radius 3 is 1.96 bits per heavy atom. The lowest BCUT2D eigenvalue weighted by molar-refractivity contribution is -0.115. The molecule has 0 spiro atoms. The van der Waals surface area contributed by atoms with Gasteiger partial charge in [-0.15, -0.1) is 0 Å². The Balaban J connectivity index is 2.06. The Kier molecular flexibility index (Phi) is 7.24. The molecule has 26 heavy (non-hydrogen) atoms. The van der Waals surface area contributed by atoms with Crippen molar-refractivity contribution in [2.45, 2.75) is 52.5 Å². The fourth-order valence-corrected chi connectivity index (χ4v) is 3.12. The van der Waals surface area contributed by atoms with Crippen LogP contribution in [-0.4, -0.2) is 12.5 Å². The van der Waals surface area contributed by atoms with Crippen molar-refractivity contribution in [3.05, 3.63) is 64.2 Å². The summed E-state index contributed by atoms with van der Waals surface area (Å²) in [6.07, 6.45) is 0. The topological polar surface area (TPSA) is 41.1 Å². The van der Waals surface area contributed by atoms with Crippen LogP contribution in [0.5, 0.6) is 0 Å². The maximum absolute atomic E-state index is 12.6. The summed E-state index contributed by atoms with van der Waals surface area (Å²) in [4.78, 5) is 12.6. The van der Waals surface area contributed by atoms with Gasteiger partial charge in [-0.3, -0.25) is 4.79 Å². The largest absolute Gasteiger partial charge is 0.324 e.